The highest BCUT2D eigenvalue weighted by molar-refractivity contribution is 9.10. The van der Waals surface area contributed by atoms with Crippen LogP contribution in [0, 0.1) is 0 Å². The maximum absolute atomic E-state index is 12.0. The van der Waals surface area contributed by atoms with E-state index >= 15 is 0 Å². The largest absolute Gasteiger partial charge is 0.497 e. The second kappa shape index (κ2) is 6.75. The fourth-order valence-electron chi connectivity index (χ4n) is 2.16. The van der Waals surface area contributed by atoms with E-state index in [-0.39, 0.29) is 5.56 Å². The van der Waals surface area contributed by atoms with Crippen LogP contribution in [0.25, 0.3) is 11.4 Å². The highest BCUT2D eigenvalue weighted by atomic mass is 79.9. The summed E-state index contributed by atoms with van der Waals surface area (Å²) in [6.07, 6.45) is 0.453. The number of methoxy groups -OCH3 is 1. The number of H-pyrrole nitrogens is 1. The Bertz CT molecular complexity index is 858. The topological polar surface area (TPSA) is 67.9 Å². The lowest BCUT2D eigenvalue weighted by Gasteiger charge is -2.05. The molecule has 3 aromatic rings. The molecular weight excluding hydrogens is 358 g/mol. The third kappa shape index (κ3) is 3.65. The first-order valence-electron chi connectivity index (χ1n) is 7.00. The molecule has 3 rings (SSSR count). The average molecular weight is 372 g/mol. The molecule has 0 saturated heterocycles. The Morgan fingerprint density at radius 2 is 1.78 bits per heavy atom. The molecule has 116 valence electrons. The van der Waals surface area contributed by atoms with E-state index in [4.69, 9.17) is 4.74 Å². The van der Waals surface area contributed by atoms with Crippen molar-refractivity contribution in [1.82, 2.24) is 15.2 Å². The zero-order chi connectivity index (χ0) is 16.2. The van der Waals surface area contributed by atoms with E-state index in [9.17, 15) is 4.79 Å². The van der Waals surface area contributed by atoms with E-state index in [1.807, 2.05) is 48.5 Å². The van der Waals surface area contributed by atoms with E-state index in [0.29, 0.717) is 17.9 Å². The summed E-state index contributed by atoms with van der Waals surface area (Å²) in [5.41, 5.74) is 2.00. The van der Waals surface area contributed by atoms with Gasteiger partial charge in [-0.25, -0.2) is 10.1 Å². The van der Waals surface area contributed by atoms with Gasteiger partial charge in [-0.3, -0.25) is 4.79 Å². The predicted octanol–water partition coefficient (Wildman–Crippen LogP) is 3.19. The molecule has 23 heavy (non-hydrogen) atoms. The normalized spacial score (nSPS) is 10.5. The Morgan fingerprint density at radius 3 is 2.43 bits per heavy atom. The minimum atomic E-state index is -0.273. The van der Waals surface area contributed by atoms with Crippen LogP contribution in [0.1, 0.15) is 11.3 Å². The lowest BCUT2D eigenvalue weighted by Crippen LogP contribution is -2.18. The molecule has 0 unspecified atom stereocenters. The molecule has 0 bridgehead atoms. The molecule has 6 heteroatoms. The predicted molar refractivity (Wildman–Crippen MR) is 91.6 cm³/mol. The molecule has 2 aromatic carbocycles. The number of ether oxygens (including phenoxy) is 1. The molecule has 0 aliphatic rings. The zero-order valence-electron chi connectivity index (χ0n) is 12.4. The van der Waals surface area contributed by atoms with E-state index in [1.54, 1.807) is 7.11 Å². The third-order valence-corrected chi connectivity index (χ3v) is 3.93. The third-order valence-electron chi connectivity index (χ3n) is 3.40. The smallest absolute Gasteiger partial charge is 0.286 e. The molecule has 5 nitrogen and oxygen atoms in total. The molecule has 1 heterocycles. The number of hydrogen-bond acceptors (Lipinski definition) is 4. The monoisotopic (exact) mass is 371 g/mol. The molecule has 1 aromatic heterocycles. The quantitative estimate of drug-likeness (QED) is 0.764. The summed E-state index contributed by atoms with van der Waals surface area (Å²) in [4.78, 5) is 16.4. The second-order valence-electron chi connectivity index (χ2n) is 4.97. The lowest BCUT2D eigenvalue weighted by molar-refractivity contribution is 0.415. The number of rotatable bonds is 4. The minimum absolute atomic E-state index is 0.273. The summed E-state index contributed by atoms with van der Waals surface area (Å²) in [5, 5.41) is 6.54. The average Bonchev–Trinajstić information content (AvgIpc) is 2.59. The molecule has 0 spiro atoms. The van der Waals surface area contributed by atoms with Gasteiger partial charge in [-0.05, 0) is 42.0 Å². The van der Waals surface area contributed by atoms with Crippen LogP contribution in [0.4, 0.5) is 0 Å². The number of aromatic nitrogens is 3. The van der Waals surface area contributed by atoms with Gasteiger partial charge >= 0.3 is 0 Å². The van der Waals surface area contributed by atoms with Crippen molar-refractivity contribution in [2.24, 2.45) is 0 Å². The number of nitrogens with one attached hydrogen (secondary N) is 1. The maximum atomic E-state index is 12.0. The van der Waals surface area contributed by atoms with Crippen LogP contribution in [0.2, 0.25) is 0 Å². The summed E-state index contributed by atoms with van der Waals surface area (Å²) < 4.78 is 6.13. The molecule has 0 amide bonds. The van der Waals surface area contributed by atoms with Crippen molar-refractivity contribution in [3.63, 3.8) is 0 Å². The van der Waals surface area contributed by atoms with Crippen molar-refractivity contribution < 1.29 is 4.74 Å². The minimum Gasteiger partial charge on any atom is -0.497 e. The summed E-state index contributed by atoms with van der Waals surface area (Å²) in [5.74, 6) is 1.24. The lowest BCUT2D eigenvalue weighted by atomic mass is 10.1. The molecule has 0 fully saturated rings. The van der Waals surface area contributed by atoms with Crippen molar-refractivity contribution >= 4 is 15.9 Å². The van der Waals surface area contributed by atoms with Gasteiger partial charge in [-0.15, -0.1) is 0 Å². The molecule has 0 atom stereocenters. The first kappa shape index (κ1) is 15.4. The summed E-state index contributed by atoms with van der Waals surface area (Å²) in [6.45, 7) is 0. The highest BCUT2D eigenvalue weighted by Crippen LogP contribution is 2.19. The SMILES string of the molecule is COc1ccc(-c2n[nH]c(=O)c(Cc3ccc(Br)cc3)n2)cc1. The Hall–Kier alpha value is -2.47. The van der Waals surface area contributed by atoms with Crippen molar-refractivity contribution in [2.45, 2.75) is 6.42 Å². The van der Waals surface area contributed by atoms with Crippen molar-refractivity contribution in [3.05, 3.63) is 74.6 Å². The highest BCUT2D eigenvalue weighted by Gasteiger charge is 2.08. The van der Waals surface area contributed by atoms with Crippen molar-refractivity contribution in [3.8, 4) is 17.1 Å². The van der Waals surface area contributed by atoms with Crippen LogP contribution in [0.5, 0.6) is 5.75 Å². The van der Waals surface area contributed by atoms with Gasteiger partial charge in [-0.2, -0.15) is 5.10 Å². The first-order valence-corrected chi connectivity index (χ1v) is 7.79. The summed E-state index contributed by atoms with van der Waals surface area (Å²) >= 11 is 3.40. The Labute approximate surface area is 141 Å². The molecule has 0 aliphatic heterocycles. The first-order chi connectivity index (χ1) is 11.2. The van der Waals surface area contributed by atoms with Gasteiger partial charge in [0.2, 0.25) is 0 Å². The van der Waals surface area contributed by atoms with Crippen LogP contribution in [-0.2, 0) is 6.42 Å². The standard InChI is InChI=1S/C17H14BrN3O2/c1-23-14-8-4-12(5-9-14)16-19-15(17(22)21-20-16)10-11-2-6-13(18)7-3-11/h2-9H,10H2,1H3,(H,21,22). The number of hydrogen-bond donors (Lipinski definition) is 1. The van der Waals surface area contributed by atoms with Gasteiger partial charge in [0.05, 0.1) is 7.11 Å². The fraction of sp³-hybridized carbons (Fsp3) is 0.118. The Morgan fingerprint density at radius 1 is 1.09 bits per heavy atom. The number of halogens is 1. The molecule has 0 saturated carbocycles. The number of benzene rings is 2. The Kier molecular flexibility index (Phi) is 4.52. The van der Waals surface area contributed by atoms with Crippen LogP contribution in [0.15, 0.2) is 57.8 Å². The van der Waals surface area contributed by atoms with Gasteiger partial charge in [0, 0.05) is 16.5 Å². The van der Waals surface area contributed by atoms with E-state index in [1.165, 1.54) is 0 Å². The van der Waals surface area contributed by atoms with Crippen LogP contribution in [-0.4, -0.2) is 22.3 Å². The zero-order valence-corrected chi connectivity index (χ0v) is 14.0. The molecule has 0 radical (unpaired) electrons. The van der Waals surface area contributed by atoms with Gasteiger partial charge in [-0.1, -0.05) is 28.1 Å². The van der Waals surface area contributed by atoms with Crippen LogP contribution >= 0.6 is 15.9 Å². The van der Waals surface area contributed by atoms with Crippen LogP contribution in [0.3, 0.4) is 0 Å². The number of nitrogens with zero attached hydrogens (tertiary/aromatic N) is 2. The van der Waals surface area contributed by atoms with Gasteiger partial charge in [0.25, 0.3) is 5.56 Å². The summed E-state index contributed by atoms with van der Waals surface area (Å²) in [7, 11) is 1.61. The van der Waals surface area contributed by atoms with Gasteiger partial charge < -0.3 is 4.74 Å². The van der Waals surface area contributed by atoms with Crippen LogP contribution < -0.4 is 10.3 Å². The van der Waals surface area contributed by atoms with Crippen molar-refractivity contribution in [2.75, 3.05) is 7.11 Å². The van der Waals surface area contributed by atoms with Crippen molar-refractivity contribution in [1.29, 1.82) is 0 Å². The molecule has 1 N–H and O–H groups in total. The van der Waals surface area contributed by atoms with Gasteiger partial charge in [0.15, 0.2) is 5.82 Å². The summed E-state index contributed by atoms with van der Waals surface area (Å²) in [6, 6.07) is 15.2. The molecular formula is C17H14BrN3O2. The van der Waals surface area contributed by atoms with E-state index in [0.717, 1.165) is 21.3 Å². The Balaban J connectivity index is 1.91. The molecule has 0 aliphatic carbocycles. The number of aromatic amines is 1. The maximum Gasteiger partial charge on any atom is 0.286 e. The van der Waals surface area contributed by atoms with Gasteiger partial charge in [0.1, 0.15) is 11.4 Å². The second-order valence-corrected chi connectivity index (χ2v) is 5.88. The van der Waals surface area contributed by atoms with E-state index < -0.39 is 0 Å². The van der Waals surface area contributed by atoms with E-state index in [2.05, 4.69) is 31.1 Å². The fourth-order valence-corrected chi connectivity index (χ4v) is 2.42.